The van der Waals surface area contributed by atoms with E-state index < -0.39 is 0 Å². The minimum atomic E-state index is 0.229. The maximum Gasteiger partial charge on any atom is 0.0471 e. The number of hydrogen-bond acceptors (Lipinski definition) is 2. The van der Waals surface area contributed by atoms with Crippen LogP contribution in [0.15, 0.2) is 0 Å². The largest absolute Gasteiger partial charge is 0.381 e. The summed E-state index contributed by atoms with van der Waals surface area (Å²) in [5.74, 6) is 0. The fraction of sp³-hybridized carbons (Fsp3) is 1.00. The minimum Gasteiger partial charge on any atom is -0.381 e. The van der Waals surface area contributed by atoms with Gasteiger partial charge in [0.25, 0.3) is 0 Å². The van der Waals surface area contributed by atoms with E-state index in [4.69, 9.17) is 4.74 Å². The normalized spacial score (nSPS) is 19.2. The molecular formula is C18H37NO. The maximum absolute atomic E-state index is 5.59. The lowest BCUT2D eigenvalue weighted by Crippen LogP contribution is -2.46. The van der Waals surface area contributed by atoms with E-state index in [2.05, 4.69) is 33.0 Å². The molecule has 1 N–H and O–H groups in total. The molecule has 1 aliphatic heterocycles. The van der Waals surface area contributed by atoms with E-state index in [1.807, 2.05) is 0 Å². The van der Waals surface area contributed by atoms with Crippen LogP contribution >= 0.6 is 0 Å². The molecule has 2 nitrogen and oxygen atoms in total. The molecule has 0 aromatic heterocycles. The standard InChI is InChI=1S/C18H37NO/c1-5-6-7-8-9-10-11-18(12-14-20-15-13-18)16-19-17(2,3)4/h19H,5-16H2,1-4H3. The Kier molecular flexibility index (Phi) is 8.13. The number of rotatable bonds is 9. The van der Waals surface area contributed by atoms with Gasteiger partial charge in [0, 0.05) is 25.3 Å². The van der Waals surface area contributed by atoms with E-state index in [9.17, 15) is 0 Å². The zero-order chi connectivity index (χ0) is 14.9. The van der Waals surface area contributed by atoms with E-state index in [1.165, 1.54) is 57.8 Å². The highest BCUT2D eigenvalue weighted by atomic mass is 16.5. The van der Waals surface area contributed by atoms with Crippen LogP contribution in [0.1, 0.15) is 85.5 Å². The first kappa shape index (κ1) is 18.0. The van der Waals surface area contributed by atoms with Crippen LogP contribution in [0.4, 0.5) is 0 Å². The molecule has 1 aliphatic rings. The van der Waals surface area contributed by atoms with Crippen molar-refractivity contribution in [3.63, 3.8) is 0 Å². The molecule has 2 heteroatoms. The predicted octanol–water partition coefficient (Wildman–Crippen LogP) is 4.92. The summed E-state index contributed by atoms with van der Waals surface area (Å²) >= 11 is 0. The average molecular weight is 284 g/mol. The highest BCUT2D eigenvalue weighted by Gasteiger charge is 2.32. The van der Waals surface area contributed by atoms with Crippen LogP contribution in [-0.4, -0.2) is 25.3 Å². The van der Waals surface area contributed by atoms with E-state index in [0.717, 1.165) is 19.8 Å². The van der Waals surface area contributed by atoms with Crippen molar-refractivity contribution < 1.29 is 4.74 Å². The van der Waals surface area contributed by atoms with Crippen LogP contribution in [0, 0.1) is 5.41 Å². The Morgan fingerprint density at radius 2 is 1.55 bits per heavy atom. The summed E-state index contributed by atoms with van der Waals surface area (Å²) in [4.78, 5) is 0. The summed E-state index contributed by atoms with van der Waals surface area (Å²) < 4.78 is 5.59. The summed E-state index contributed by atoms with van der Waals surface area (Å²) in [5.41, 5.74) is 0.725. The topological polar surface area (TPSA) is 21.3 Å². The van der Waals surface area contributed by atoms with Gasteiger partial charge in [-0.2, -0.15) is 0 Å². The van der Waals surface area contributed by atoms with Crippen molar-refractivity contribution in [1.29, 1.82) is 0 Å². The van der Waals surface area contributed by atoms with Crippen LogP contribution in [0.2, 0.25) is 0 Å². The lowest BCUT2D eigenvalue weighted by atomic mass is 9.75. The molecular weight excluding hydrogens is 246 g/mol. The van der Waals surface area contributed by atoms with Gasteiger partial charge in [0.2, 0.25) is 0 Å². The first-order valence-electron chi connectivity index (χ1n) is 8.80. The molecule has 0 spiro atoms. The Labute approximate surface area is 127 Å². The van der Waals surface area contributed by atoms with Crippen molar-refractivity contribution in [2.24, 2.45) is 5.41 Å². The molecule has 1 fully saturated rings. The van der Waals surface area contributed by atoms with Gasteiger partial charge in [-0.05, 0) is 45.4 Å². The monoisotopic (exact) mass is 283 g/mol. The van der Waals surface area contributed by atoms with Crippen LogP contribution in [0.25, 0.3) is 0 Å². The van der Waals surface area contributed by atoms with Crippen LogP contribution in [0.3, 0.4) is 0 Å². The molecule has 120 valence electrons. The quantitative estimate of drug-likeness (QED) is 0.606. The van der Waals surface area contributed by atoms with Gasteiger partial charge in [-0.3, -0.25) is 0 Å². The third kappa shape index (κ3) is 7.64. The lowest BCUT2D eigenvalue weighted by molar-refractivity contribution is 0.00631. The summed E-state index contributed by atoms with van der Waals surface area (Å²) in [6.45, 7) is 12.2. The van der Waals surface area contributed by atoms with Gasteiger partial charge in [-0.25, -0.2) is 0 Å². The number of nitrogens with one attached hydrogen (secondary N) is 1. The van der Waals surface area contributed by atoms with E-state index in [0.29, 0.717) is 5.41 Å². The molecule has 0 bridgehead atoms. The van der Waals surface area contributed by atoms with Crippen molar-refractivity contribution in [3.8, 4) is 0 Å². The second-order valence-corrected chi connectivity index (χ2v) is 7.73. The summed E-state index contributed by atoms with van der Waals surface area (Å²) in [6.07, 6.45) is 12.3. The highest BCUT2D eigenvalue weighted by molar-refractivity contribution is 4.86. The molecule has 0 atom stereocenters. The minimum absolute atomic E-state index is 0.229. The van der Waals surface area contributed by atoms with Crippen molar-refractivity contribution in [1.82, 2.24) is 5.32 Å². The average Bonchev–Trinajstić information content (AvgIpc) is 2.41. The van der Waals surface area contributed by atoms with E-state index >= 15 is 0 Å². The number of hydrogen-bond donors (Lipinski definition) is 1. The molecule has 0 unspecified atom stereocenters. The molecule has 0 aromatic carbocycles. The number of unbranched alkanes of at least 4 members (excludes halogenated alkanes) is 5. The molecule has 0 saturated carbocycles. The number of ether oxygens (including phenoxy) is 1. The molecule has 0 aromatic rings. The fourth-order valence-corrected chi connectivity index (χ4v) is 3.05. The Bertz CT molecular complexity index is 238. The highest BCUT2D eigenvalue weighted by Crippen LogP contribution is 2.36. The summed E-state index contributed by atoms with van der Waals surface area (Å²) in [6, 6.07) is 0. The van der Waals surface area contributed by atoms with Crippen LogP contribution < -0.4 is 5.32 Å². The SMILES string of the molecule is CCCCCCCCC1(CNC(C)(C)C)CCOCC1. The Balaban J connectivity index is 2.31. The van der Waals surface area contributed by atoms with Crippen molar-refractivity contribution in [3.05, 3.63) is 0 Å². The molecule has 0 aliphatic carbocycles. The van der Waals surface area contributed by atoms with Crippen LogP contribution in [-0.2, 0) is 4.74 Å². The summed E-state index contributed by atoms with van der Waals surface area (Å²) in [7, 11) is 0. The third-order valence-electron chi connectivity index (χ3n) is 4.61. The van der Waals surface area contributed by atoms with Crippen molar-refractivity contribution >= 4 is 0 Å². The van der Waals surface area contributed by atoms with Gasteiger partial charge in [0.05, 0.1) is 0 Å². The van der Waals surface area contributed by atoms with E-state index in [-0.39, 0.29) is 5.54 Å². The Morgan fingerprint density at radius 3 is 2.15 bits per heavy atom. The van der Waals surface area contributed by atoms with Crippen LogP contribution in [0.5, 0.6) is 0 Å². The molecule has 0 amide bonds. The van der Waals surface area contributed by atoms with Gasteiger partial charge in [0.1, 0.15) is 0 Å². The van der Waals surface area contributed by atoms with Gasteiger partial charge >= 0.3 is 0 Å². The zero-order valence-electron chi connectivity index (χ0n) is 14.4. The molecule has 1 rings (SSSR count). The predicted molar refractivity (Wildman–Crippen MR) is 88.2 cm³/mol. The second kappa shape index (κ2) is 9.04. The molecule has 1 saturated heterocycles. The van der Waals surface area contributed by atoms with Gasteiger partial charge in [-0.1, -0.05) is 45.4 Å². The zero-order valence-corrected chi connectivity index (χ0v) is 14.4. The third-order valence-corrected chi connectivity index (χ3v) is 4.61. The fourth-order valence-electron chi connectivity index (χ4n) is 3.05. The van der Waals surface area contributed by atoms with Gasteiger partial charge in [-0.15, -0.1) is 0 Å². The molecule has 0 radical (unpaired) electrons. The van der Waals surface area contributed by atoms with Crippen molar-refractivity contribution in [2.45, 2.75) is 91.0 Å². The second-order valence-electron chi connectivity index (χ2n) is 7.73. The lowest BCUT2D eigenvalue weighted by Gasteiger charge is -2.40. The molecule has 20 heavy (non-hydrogen) atoms. The maximum atomic E-state index is 5.59. The molecule has 1 heterocycles. The first-order valence-corrected chi connectivity index (χ1v) is 8.80. The van der Waals surface area contributed by atoms with Gasteiger partial charge < -0.3 is 10.1 Å². The van der Waals surface area contributed by atoms with Gasteiger partial charge in [0.15, 0.2) is 0 Å². The van der Waals surface area contributed by atoms with E-state index in [1.54, 1.807) is 0 Å². The first-order chi connectivity index (χ1) is 9.47. The Morgan fingerprint density at radius 1 is 0.950 bits per heavy atom. The van der Waals surface area contributed by atoms with Crippen molar-refractivity contribution in [2.75, 3.05) is 19.8 Å². The smallest absolute Gasteiger partial charge is 0.0471 e. The Hall–Kier alpha value is -0.0800. The summed E-state index contributed by atoms with van der Waals surface area (Å²) in [5, 5.41) is 3.74.